The molecule has 1 aromatic carbocycles. The van der Waals surface area contributed by atoms with Crippen molar-refractivity contribution < 1.29 is 9.47 Å². The van der Waals surface area contributed by atoms with Crippen molar-refractivity contribution in [1.82, 2.24) is 20.2 Å². The Labute approximate surface area is 123 Å². The molecule has 1 unspecified atom stereocenters. The van der Waals surface area contributed by atoms with Gasteiger partial charge in [0.2, 0.25) is 0 Å². The lowest BCUT2D eigenvalue weighted by Crippen LogP contribution is -2.37. The zero-order valence-electron chi connectivity index (χ0n) is 12.2. The molecule has 7 nitrogen and oxygen atoms in total. The van der Waals surface area contributed by atoms with Crippen LogP contribution in [0.5, 0.6) is 0 Å². The molecule has 2 heterocycles. The fourth-order valence-electron chi connectivity index (χ4n) is 2.67. The highest BCUT2D eigenvalue weighted by atomic mass is 16.5. The van der Waals surface area contributed by atoms with Gasteiger partial charge in [0.25, 0.3) is 0 Å². The van der Waals surface area contributed by atoms with Crippen molar-refractivity contribution in [3.8, 4) is 11.4 Å². The molecule has 7 heteroatoms. The van der Waals surface area contributed by atoms with E-state index in [4.69, 9.17) is 15.2 Å². The quantitative estimate of drug-likeness (QED) is 0.846. The fraction of sp³-hybridized carbons (Fsp3) is 0.500. The Balaban J connectivity index is 1.93. The van der Waals surface area contributed by atoms with Gasteiger partial charge in [-0.2, -0.15) is 0 Å². The number of benzene rings is 1. The van der Waals surface area contributed by atoms with Crippen molar-refractivity contribution in [2.24, 2.45) is 0 Å². The van der Waals surface area contributed by atoms with Gasteiger partial charge in [0.1, 0.15) is 5.60 Å². The van der Waals surface area contributed by atoms with Gasteiger partial charge in [-0.3, -0.25) is 0 Å². The average Bonchev–Trinajstić information content (AvgIpc) is 3.08. The molecule has 0 spiro atoms. The van der Waals surface area contributed by atoms with Crippen LogP contribution in [0.1, 0.15) is 12.0 Å². The van der Waals surface area contributed by atoms with Crippen LogP contribution in [-0.4, -0.2) is 46.1 Å². The zero-order chi connectivity index (χ0) is 14.9. The first kappa shape index (κ1) is 14.0. The Kier molecular flexibility index (Phi) is 3.60. The van der Waals surface area contributed by atoms with E-state index in [1.807, 2.05) is 25.1 Å². The number of hydrogen-bond acceptors (Lipinski definition) is 6. The molecule has 1 saturated heterocycles. The second-order valence-electron chi connectivity index (χ2n) is 5.48. The summed E-state index contributed by atoms with van der Waals surface area (Å²) in [5.74, 6) is 0.689. The molecule has 0 saturated carbocycles. The minimum absolute atomic E-state index is 0.362. The second kappa shape index (κ2) is 5.42. The molecule has 0 radical (unpaired) electrons. The number of aromatic nitrogens is 4. The molecule has 0 amide bonds. The summed E-state index contributed by atoms with van der Waals surface area (Å²) in [6, 6.07) is 5.81. The Morgan fingerprint density at radius 2 is 2.29 bits per heavy atom. The van der Waals surface area contributed by atoms with Gasteiger partial charge in [0.15, 0.2) is 5.82 Å². The maximum Gasteiger partial charge on any atom is 0.182 e. The van der Waals surface area contributed by atoms with E-state index < -0.39 is 0 Å². The van der Waals surface area contributed by atoms with Crippen LogP contribution in [0.4, 0.5) is 5.69 Å². The molecule has 21 heavy (non-hydrogen) atoms. The summed E-state index contributed by atoms with van der Waals surface area (Å²) in [6.07, 6.45) is 0.832. The highest BCUT2D eigenvalue weighted by Crippen LogP contribution is 2.27. The van der Waals surface area contributed by atoms with E-state index in [-0.39, 0.29) is 5.60 Å². The van der Waals surface area contributed by atoms with Crippen LogP contribution in [0.25, 0.3) is 11.4 Å². The minimum atomic E-state index is -0.362. The maximum atomic E-state index is 5.91. The second-order valence-corrected chi connectivity index (χ2v) is 5.48. The van der Waals surface area contributed by atoms with E-state index in [2.05, 4.69) is 15.5 Å². The third-order valence-electron chi connectivity index (χ3n) is 3.83. The van der Waals surface area contributed by atoms with Gasteiger partial charge in [-0.05, 0) is 41.1 Å². The monoisotopic (exact) mass is 289 g/mol. The predicted octanol–water partition coefficient (Wildman–Crippen LogP) is 1.04. The Morgan fingerprint density at radius 1 is 1.43 bits per heavy atom. The van der Waals surface area contributed by atoms with Crippen molar-refractivity contribution >= 4 is 5.69 Å². The van der Waals surface area contributed by atoms with Gasteiger partial charge in [-0.25, -0.2) is 4.68 Å². The molecule has 1 fully saturated rings. The average molecular weight is 289 g/mol. The molecular formula is C14H19N5O2. The number of nitrogens with zero attached hydrogens (tertiary/aromatic N) is 4. The normalized spacial score (nSPS) is 21.8. The number of nitrogen functional groups attached to an aromatic ring is 1. The zero-order valence-corrected chi connectivity index (χ0v) is 12.2. The molecule has 2 aromatic rings. The predicted molar refractivity (Wildman–Crippen MR) is 77.6 cm³/mol. The van der Waals surface area contributed by atoms with Crippen molar-refractivity contribution in [3.05, 3.63) is 23.8 Å². The van der Waals surface area contributed by atoms with E-state index in [1.165, 1.54) is 0 Å². The van der Waals surface area contributed by atoms with Crippen molar-refractivity contribution in [2.45, 2.75) is 25.5 Å². The first-order valence-corrected chi connectivity index (χ1v) is 6.88. The van der Waals surface area contributed by atoms with Crippen LogP contribution in [-0.2, 0) is 16.0 Å². The summed E-state index contributed by atoms with van der Waals surface area (Å²) in [4.78, 5) is 0. The lowest BCUT2D eigenvalue weighted by molar-refractivity contribution is -0.0317. The van der Waals surface area contributed by atoms with Gasteiger partial charge in [0, 0.05) is 31.4 Å². The molecule has 1 aromatic heterocycles. The first-order chi connectivity index (χ1) is 10.1. The van der Waals surface area contributed by atoms with Crippen molar-refractivity contribution in [1.29, 1.82) is 0 Å². The molecule has 1 atom stereocenters. The lowest BCUT2D eigenvalue weighted by Gasteiger charge is -2.25. The molecule has 0 aliphatic carbocycles. The third-order valence-corrected chi connectivity index (χ3v) is 3.83. The van der Waals surface area contributed by atoms with Crippen LogP contribution >= 0.6 is 0 Å². The van der Waals surface area contributed by atoms with Gasteiger partial charge in [0.05, 0.1) is 13.2 Å². The minimum Gasteiger partial charge on any atom is -0.399 e. The summed E-state index contributed by atoms with van der Waals surface area (Å²) in [5, 5.41) is 12.0. The van der Waals surface area contributed by atoms with Gasteiger partial charge in [-0.1, -0.05) is 0 Å². The van der Waals surface area contributed by atoms with Crippen LogP contribution in [0, 0.1) is 6.92 Å². The standard InChI is InChI=1S/C14H19N5O2/c1-10-5-11(7-12(15)6-10)13-16-17-18-19(13)8-14(20-2)3-4-21-9-14/h5-7H,3-4,8-9,15H2,1-2H3. The summed E-state index contributed by atoms with van der Waals surface area (Å²) < 4.78 is 12.9. The van der Waals surface area contributed by atoms with E-state index in [0.717, 1.165) is 17.5 Å². The smallest absolute Gasteiger partial charge is 0.182 e. The molecule has 112 valence electrons. The highest BCUT2D eigenvalue weighted by Gasteiger charge is 2.36. The van der Waals surface area contributed by atoms with Gasteiger partial charge in [-0.15, -0.1) is 5.10 Å². The number of anilines is 1. The van der Waals surface area contributed by atoms with Crippen LogP contribution in [0.3, 0.4) is 0 Å². The molecule has 1 aliphatic heterocycles. The van der Waals surface area contributed by atoms with Crippen LogP contribution in [0.15, 0.2) is 18.2 Å². The Hall–Kier alpha value is -1.99. The van der Waals surface area contributed by atoms with Crippen LogP contribution < -0.4 is 5.73 Å². The highest BCUT2D eigenvalue weighted by molar-refractivity contribution is 5.62. The Morgan fingerprint density at radius 3 is 2.95 bits per heavy atom. The van der Waals surface area contributed by atoms with Crippen molar-refractivity contribution in [3.63, 3.8) is 0 Å². The molecule has 1 aliphatic rings. The molecule has 3 rings (SSSR count). The summed E-state index contributed by atoms with van der Waals surface area (Å²) >= 11 is 0. The number of nitrogens with two attached hydrogens (primary N) is 1. The topological polar surface area (TPSA) is 88.1 Å². The van der Waals surface area contributed by atoms with E-state index >= 15 is 0 Å². The third kappa shape index (κ3) is 2.74. The molecule has 0 bridgehead atoms. The lowest BCUT2D eigenvalue weighted by atomic mass is 10.0. The largest absolute Gasteiger partial charge is 0.399 e. The van der Waals surface area contributed by atoms with E-state index in [9.17, 15) is 0 Å². The van der Waals surface area contributed by atoms with Gasteiger partial charge >= 0.3 is 0 Å². The van der Waals surface area contributed by atoms with Crippen molar-refractivity contribution in [2.75, 3.05) is 26.1 Å². The molecule has 2 N–H and O–H groups in total. The number of rotatable bonds is 4. The van der Waals surface area contributed by atoms with E-state index in [0.29, 0.717) is 31.3 Å². The fourth-order valence-corrected chi connectivity index (χ4v) is 2.67. The number of hydrogen-bond donors (Lipinski definition) is 1. The van der Waals surface area contributed by atoms with Crippen LogP contribution in [0.2, 0.25) is 0 Å². The number of tetrazole rings is 1. The molecular weight excluding hydrogens is 270 g/mol. The van der Waals surface area contributed by atoms with E-state index in [1.54, 1.807) is 11.8 Å². The van der Waals surface area contributed by atoms with Gasteiger partial charge < -0.3 is 15.2 Å². The summed E-state index contributed by atoms with van der Waals surface area (Å²) in [5.41, 5.74) is 8.23. The SMILES string of the molecule is COC1(Cn2nnnc2-c2cc(C)cc(N)c2)CCOC1. The number of aryl methyl sites for hydroxylation is 1. The number of ether oxygens (including phenoxy) is 2. The first-order valence-electron chi connectivity index (χ1n) is 6.88. The number of methoxy groups -OCH3 is 1. The Bertz CT molecular complexity index is 614. The summed E-state index contributed by atoms with van der Waals surface area (Å²) in [6.45, 7) is 3.80. The summed E-state index contributed by atoms with van der Waals surface area (Å²) in [7, 11) is 1.70. The maximum absolute atomic E-state index is 5.91.